The van der Waals surface area contributed by atoms with Crippen molar-refractivity contribution < 1.29 is 9.84 Å². The van der Waals surface area contributed by atoms with Gasteiger partial charge in [0.15, 0.2) is 0 Å². The molecule has 1 aromatic rings. The molecule has 4 nitrogen and oxygen atoms in total. The van der Waals surface area contributed by atoms with Crippen LogP contribution in [0.15, 0.2) is 24.3 Å². The molecular weight excluding hydrogens is 288 g/mol. The molecule has 1 aliphatic heterocycles. The number of aliphatic hydroxyl groups is 1. The molecule has 2 rings (SSSR count). The van der Waals surface area contributed by atoms with Crippen molar-refractivity contribution in [2.75, 3.05) is 39.4 Å². The Bertz CT molecular complexity index is 464. The summed E-state index contributed by atoms with van der Waals surface area (Å²) in [6.45, 7) is 12.8. The third kappa shape index (κ3) is 5.48. The Hall–Kier alpha value is -1.10. The van der Waals surface area contributed by atoms with Crippen molar-refractivity contribution in [3.05, 3.63) is 29.8 Å². The number of para-hydroxylation sites is 1. The van der Waals surface area contributed by atoms with Crippen molar-refractivity contribution >= 4 is 0 Å². The lowest BCUT2D eigenvalue weighted by Gasteiger charge is -2.42. The molecule has 130 valence electrons. The first kappa shape index (κ1) is 18.2. The van der Waals surface area contributed by atoms with Gasteiger partial charge in [-0.2, -0.15) is 0 Å². The minimum Gasteiger partial charge on any atom is -0.494 e. The van der Waals surface area contributed by atoms with E-state index in [2.05, 4.69) is 41.8 Å². The number of rotatable bonds is 8. The Morgan fingerprint density at radius 2 is 2.04 bits per heavy atom. The van der Waals surface area contributed by atoms with Crippen LogP contribution in [0.4, 0.5) is 0 Å². The predicted molar refractivity (Wildman–Crippen MR) is 94.8 cm³/mol. The third-order valence-electron chi connectivity index (χ3n) is 4.42. The Labute approximate surface area is 141 Å². The van der Waals surface area contributed by atoms with Crippen LogP contribution < -0.4 is 4.74 Å². The highest BCUT2D eigenvalue weighted by atomic mass is 16.5. The topological polar surface area (TPSA) is 35.9 Å². The first-order valence-corrected chi connectivity index (χ1v) is 8.92. The Balaban J connectivity index is 2.03. The molecule has 0 unspecified atom stereocenters. The van der Waals surface area contributed by atoms with E-state index in [-0.39, 0.29) is 6.61 Å². The molecule has 0 saturated carbocycles. The maximum atomic E-state index is 9.44. The third-order valence-corrected chi connectivity index (χ3v) is 4.42. The summed E-state index contributed by atoms with van der Waals surface area (Å²) in [5.74, 6) is 1.68. The summed E-state index contributed by atoms with van der Waals surface area (Å²) in [6.07, 6.45) is 0.839. The number of nitrogens with zero attached hydrogens (tertiary/aromatic N) is 2. The monoisotopic (exact) mass is 320 g/mol. The Morgan fingerprint density at radius 3 is 2.74 bits per heavy atom. The van der Waals surface area contributed by atoms with Gasteiger partial charge in [0, 0.05) is 50.9 Å². The van der Waals surface area contributed by atoms with Gasteiger partial charge in [-0.3, -0.25) is 4.90 Å². The molecule has 0 aromatic heterocycles. The zero-order valence-corrected chi connectivity index (χ0v) is 14.9. The van der Waals surface area contributed by atoms with Crippen LogP contribution in [-0.4, -0.2) is 60.3 Å². The molecule has 1 N–H and O–H groups in total. The van der Waals surface area contributed by atoms with Gasteiger partial charge in [0.1, 0.15) is 5.75 Å². The minimum atomic E-state index is 0.254. The first-order chi connectivity index (χ1) is 11.1. The highest BCUT2D eigenvalue weighted by Gasteiger charge is 2.27. The normalized spacial score (nSPS) is 20.1. The summed E-state index contributed by atoms with van der Waals surface area (Å²) in [6, 6.07) is 8.73. The second-order valence-corrected chi connectivity index (χ2v) is 6.83. The van der Waals surface area contributed by atoms with Gasteiger partial charge >= 0.3 is 0 Å². The highest BCUT2D eigenvalue weighted by molar-refractivity contribution is 5.33. The van der Waals surface area contributed by atoms with Crippen molar-refractivity contribution in [1.82, 2.24) is 9.80 Å². The van der Waals surface area contributed by atoms with Gasteiger partial charge < -0.3 is 14.7 Å². The van der Waals surface area contributed by atoms with Gasteiger partial charge in [-0.15, -0.1) is 0 Å². The molecule has 0 radical (unpaired) electrons. The molecule has 4 heteroatoms. The fourth-order valence-corrected chi connectivity index (χ4v) is 3.42. The van der Waals surface area contributed by atoms with E-state index in [9.17, 15) is 5.11 Å². The lowest BCUT2D eigenvalue weighted by molar-refractivity contribution is 0.0478. The van der Waals surface area contributed by atoms with E-state index in [1.165, 1.54) is 5.56 Å². The van der Waals surface area contributed by atoms with E-state index in [1.54, 1.807) is 0 Å². The van der Waals surface area contributed by atoms with Crippen LogP contribution in [0.3, 0.4) is 0 Å². The van der Waals surface area contributed by atoms with E-state index in [0.717, 1.165) is 44.9 Å². The van der Waals surface area contributed by atoms with E-state index < -0.39 is 0 Å². The molecule has 1 aromatic carbocycles. The van der Waals surface area contributed by atoms with Crippen LogP contribution in [0.1, 0.15) is 32.8 Å². The quantitative estimate of drug-likeness (QED) is 0.799. The molecule has 1 saturated heterocycles. The van der Waals surface area contributed by atoms with Crippen molar-refractivity contribution in [1.29, 1.82) is 0 Å². The summed E-state index contributed by atoms with van der Waals surface area (Å²) < 4.78 is 5.76. The fourth-order valence-electron chi connectivity index (χ4n) is 3.42. The number of ether oxygens (including phenoxy) is 1. The molecule has 1 aliphatic rings. The largest absolute Gasteiger partial charge is 0.494 e. The summed E-state index contributed by atoms with van der Waals surface area (Å²) in [5, 5.41) is 9.44. The average molecular weight is 320 g/mol. The van der Waals surface area contributed by atoms with Gasteiger partial charge in [-0.1, -0.05) is 32.0 Å². The summed E-state index contributed by atoms with van der Waals surface area (Å²) in [4.78, 5) is 5.04. The van der Waals surface area contributed by atoms with Crippen molar-refractivity contribution in [2.24, 2.45) is 5.92 Å². The number of hydrogen-bond acceptors (Lipinski definition) is 4. The lowest BCUT2D eigenvalue weighted by atomic mass is 10.1. The smallest absolute Gasteiger partial charge is 0.123 e. The van der Waals surface area contributed by atoms with E-state index in [4.69, 9.17) is 4.74 Å². The predicted octanol–water partition coefficient (Wildman–Crippen LogP) is 2.61. The zero-order valence-electron chi connectivity index (χ0n) is 14.9. The number of aliphatic hydroxyl groups excluding tert-OH is 1. The number of hydrogen-bond donors (Lipinski definition) is 1. The van der Waals surface area contributed by atoms with Crippen molar-refractivity contribution in [3.63, 3.8) is 0 Å². The summed E-state index contributed by atoms with van der Waals surface area (Å²) in [5.41, 5.74) is 1.24. The first-order valence-electron chi connectivity index (χ1n) is 8.92. The van der Waals surface area contributed by atoms with Gasteiger partial charge in [0.2, 0.25) is 0 Å². The second kappa shape index (κ2) is 9.26. The maximum Gasteiger partial charge on any atom is 0.123 e. The molecule has 23 heavy (non-hydrogen) atoms. The van der Waals surface area contributed by atoms with Gasteiger partial charge in [-0.25, -0.2) is 0 Å². The number of piperazine rings is 1. The molecule has 0 bridgehead atoms. The summed E-state index contributed by atoms with van der Waals surface area (Å²) in [7, 11) is 0. The molecule has 0 spiro atoms. The van der Waals surface area contributed by atoms with Crippen LogP contribution in [0.25, 0.3) is 0 Å². The maximum absolute atomic E-state index is 9.44. The lowest BCUT2D eigenvalue weighted by Crippen LogP contribution is -2.53. The average Bonchev–Trinajstić information content (AvgIpc) is 2.51. The molecule has 0 amide bonds. The highest BCUT2D eigenvalue weighted by Crippen LogP contribution is 2.23. The van der Waals surface area contributed by atoms with Crippen molar-refractivity contribution in [3.8, 4) is 5.75 Å². The number of benzene rings is 1. The van der Waals surface area contributed by atoms with E-state index >= 15 is 0 Å². The second-order valence-electron chi connectivity index (χ2n) is 6.83. The van der Waals surface area contributed by atoms with Gasteiger partial charge in [0.05, 0.1) is 6.61 Å². The van der Waals surface area contributed by atoms with Crippen LogP contribution in [0.2, 0.25) is 0 Å². The Morgan fingerprint density at radius 1 is 1.26 bits per heavy atom. The zero-order chi connectivity index (χ0) is 16.7. The minimum absolute atomic E-state index is 0.254. The van der Waals surface area contributed by atoms with Crippen molar-refractivity contribution in [2.45, 2.75) is 39.8 Å². The van der Waals surface area contributed by atoms with Crippen LogP contribution >= 0.6 is 0 Å². The summed E-state index contributed by atoms with van der Waals surface area (Å²) >= 11 is 0. The molecule has 1 atom stereocenters. The van der Waals surface area contributed by atoms with Crippen LogP contribution in [0, 0.1) is 5.92 Å². The van der Waals surface area contributed by atoms with E-state index in [0.29, 0.717) is 18.6 Å². The molecule has 0 aliphatic carbocycles. The fraction of sp³-hybridized carbons (Fsp3) is 0.684. The molecular formula is C19H32N2O2. The van der Waals surface area contributed by atoms with E-state index in [1.807, 2.05) is 13.0 Å². The standard InChI is InChI=1S/C19H32N2O2/c1-4-23-19-8-6-5-7-17(19)14-21-11-10-20(13-16(2)3)15-18(21)9-12-22/h5-8,16,18,22H,4,9-15H2,1-3H3/t18-/m0/s1. The molecule has 1 heterocycles. The molecule has 1 fully saturated rings. The van der Waals surface area contributed by atoms with Gasteiger partial charge in [0.25, 0.3) is 0 Å². The van der Waals surface area contributed by atoms with Crippen LogP contribution in [-0.2, 0) is 6.54 Å². The Kier molecular flexibility index (Phi) is 7.34. The SMILES string of the molecule is CCOc1ccccc1CN1CCN(CC(C)C)C[C@@H]1CCO. The van der Waals surface area contributed by atoms with Gasteiger partial charge in [-0.05, 0) is 25.3 Å². The van der Waals surface area contributed by atoms with Crippen LogP contribution in [0.5, 0.6) is 5.75 Å².